The van der Waals surface area contributed by atoms with E-state index in [0.29, 0.717) is 0 Å². The second-order valence-electron chi connectivity index (χ2n) is 2.70. The van der Waals surface area contributed by atoms with Crippen LogP contribution in [0.25, 0.3) is 5.57 Å². The van der Waals surface area contributed by atoms with Crippen LogP contribution in [0.1, 0.15) is 18.6 Å². The Morgan fingerprint density at radius 2 is 2.33 bits per heavy atom. The Labute approximate surface area is 70.6 Å². The predicted octanol–water partition coefficient (Wildman–Crippen LogP) is 1.99. The van der Waals surface area contributed by atoms with Crippen molar-refractivity contribution in [3.63, 3.8) is 0 Å². The first-order valence-electron chi connectivity index (χ1n) is 3.94. The first-order valence-corrected chi connectivity index (χ1v) is 3.94. The predicted molar refractivity (Wildman–Crippen MR) is 47.3 cm³/mol. The molecule has 62 valence electrons. The summed E-state index contributed by atoms with van der Waals surface area (Å²) in [5.41, 5.74) is 6.43. The second-order valence-corrected chi connectivity index (χ2v) is 2.70. The molecule has 1 aromatic heterocycles. The van der Waals surface area contributed by atoms with Gasteiger partial charge in [-0.05, 0) is 12.8 Å². The molecule has 0 amide bonds. The quantitative estimate of drug-likeness (QED) is 0.687. The first-order chi connectivity index (χ1) is 5.86. The minimum Gasteiger partial charge on any atom is -0.424 e. The third kappa shape index (κ3) is 1.25. The lowest BCUT2D eigenvalue weighted by Crippen LogP contribution is -1.83. The number of hydrogen-bond acceptors (Lipinski definition) is 3. The van der Waals surface area contributed by atoms with Crippen LogP contribution in [0.2, 0.25) is 0 Å². The molecule has 0 aromatic carbocycles. The molecule has 3 nitrogen and oxygen atoms in total. The van der Waals surface area contributed by atoms with E-state index in [0.717, 1.165) is 24.2 Å². The van der Waals surface area contributed by atoms with E-state index < -0.39 is 0 Å². The third-order valence-electron chi connectivity index (χ3n) is 1.80. The van der Waals surface area contributed by atoms with Crippen LogP contribution in [0.5, 0.6) is 0 Å². The number of nitrogen functional groups attached to an aromatic ring is 1. The van der Waals surface area contributed by atoms with Crippen LogP contribution in [0.15, 0.2) is 28.8 Å². The molecular weight excluding hydrogens is 152 g/mol. The first kappa shape index (κ1) is 7.16. The minimum absolute atomic E-state index is 0.227. The van der Waals surface area contributed by atoms with Crippen LogP contribution in [0.4, 0.5) is 6.01 Å². The number of allylic oxidation sites excluding steroid dienone is 4. The summed E-state index contributed by atoms with van der Waals surface area (Å²) < 4.78 is 5.17. The van der Waals surface area contributed by atoms with E-state index in [9.17, 15) is 0 Å². The standard InChI is InChI=1S/C9H10N2O/c10-9-11-6-8(12-9)7-4-2-1-3-5-7/h2,4-6H,1,3H2,(H2,10,11). The van der Waals surface area contributed by atoms with Gasteiger partial charge in [-0.2, -0.15) is 0 Å². The molecule has 2 rings (SSSR count). The molecule has 3 heteroatoms. The molecule has 2 N–H and O–H groups in total. The summed E-state index contributed by atoms with van der Waals surface area (Å²) in [5, 5.41) is 0. The molecule has 0 aliphatic heterocycles. The molecule has 0 bridgehead atoms. The van der Waals surface area contributed by atoms with E-state index in [1.807, 2.05) is 6.08 Å². The summed E-state index contributed by atoms with van der Waals surface area (Å²) in [7, 11) is 0. The van der Waals surface area contributed by atoms with Gasteiger partial charge in [-0.25, -0.2) is 4.98 Å². The van der Waals surface area contributed by atoms with Crippen LogP contribution in [-0.2, 0) is 0 Å². The largest absolute Gasteiger partial charge is 0.424 e. The van der Waals surface area contributed by atoms with Crippen LogP contribution >= 0.6 is 0 Å². The molecule has 0 atom stereocenters. The van der Waals surface area contributed by atoms with Crippen molar-refractivity contribution < 1.29 is 4.42 Å². The molecule has 0 saturated heterocycles. The van der Waals surface area contributed by atoms with Gasteiger partial charge in [-0.3, -0.25) is 0 Å². The SMILES string of the molecule is Nc1ncc(C2=CCCC=C2)o1. The molecule has 1 aliphatic carbocycles. The zero-order valence-electron chi connectivity index (χ0n) is 6.66. The normalized spacial score (nSPS) is 16.2. The van der Waals surface area contributed by atoms with Crippen molar-refractivity contribution in [2.45, 2.75) is 12.8 Å². The zero-order valence-corrected chi connectivity index (χ0v) is 6.66. The van der Waals surface area contributed by atoms with Crippen LogP contribution in [0.3, 0.4) is 0 Å². The molecule has 0 fully saturated rings. The van der Waals surface area contributed by atoms with E-state index in [2.05, 4.69) is 17.1 Å². The monoisotopic (exact) mass is 162 g/mol. The smallest absolute Gasteiger partial charge is 0.292 e. The average molecular weight is 162 g/mol. The third-order valence-corrected chi connectivity index (χ3v) is 1.80. The number of oxazole rings is 1. The maximum absolute atomic E-state index is 5.36. The highest BCUT2D eigenvalue weighted by Gasteiger charge is 2.05. The van der Waals surface area contributed by atoms with Gasteiger partial charge in [0.1, 0.15) is 0 Å². The maximum atomic E-state index is 5.36. The van der Waals surface area contributed by atoms with Crippen LogP contribution < -0.4 is 5.73 Å². The molecule has 12 heavy (non-hydrogen) atoms. The van der Waals surface area contributed by atoms with E-state index in [1.54, 1.807) is 6.20 Å². The Morgan fingerprint density at radius 3 is 2.92 bits per heavy atom. The summed E-state index contributed by atoms with van der Waals surface area (Å²) in [6.07, 6.45) is 10.1. The van der Waals surface area contributed by atoms with Crippen molar-refractivity contribution >= 4 is 11.6 Å². The number of rotatable bonds is 1. The number of nitrogens with zero attached hydrogens (tertiary/aromatic N) is 1. The molecular formula is C9H10N2O. The molecule has 1 aliphatic rings. The van der Waals surface area contributed by atoms with Gasteiger partial charge in [0.25, 0.3) is 6.01 Å². The maximum Gasteiger partial charge on any atom is 0.292 e. The topological polar surface area (TPSA) is 52.0 Å². The Hall–Kier alpha value is -1.51. The Bertz CT molecular complexity index is 336. The van der Waals surface area contributed by atoms with Crippen LogP contribution in [-0.4, -0.2) is 4.98 Å². The lowest BCUT2D eigenvalue weighted by atomic mass is 10.1. The fourth-order valence-corrected chi connectivity index (χ4v) is 1.22. The van der Waals surface area contributed by atoms with Gasteiger partial charge < -0.3 is 10.2 Å². The van der Waals surface area contributed by atoms with Crippen molar-refractivity contribution in [1.29, 1.82) is 0 Å². The van der Waals surface area contributed by atoms with Crippen molar-refractivity contribution in [3.8, 4) is 0 Å². The molecule has 0 radical (unpaired) electrons. The number of nitrogens with two attached hydrogens (primary N) is 1. The minimum atomic E-state index is 0.227. The van der Waals surface area contributed by atoms with Crippen molar-refractivity contribution in [2.75, 3.05) is 5.73 Å². The number of hydrogen-bond donors (Lipinski definition) is 1. The van der Waals surface area contributed by atoms with Crippen molar-refractivity contribution in [2.24, 2.45) is 0 Å². The van der Waals surface area contributed by atoms with Crippen molar-refractivity contribution in [1.82, 2.24) is 4.98 Å². The van der Waals surface area contributed by atoms with Gasteiger partial charge >= 0.3 is 0 Å². The zero-order chi connectivity index (χ0) is 8.39. The average Bonchev–Trinajstić information content (AvgIpc) is 2.54. The number of anilines is 1. The van der Waals surface area contributed by atoms with E-state index in [4.69, 9.17) is 10.2 Å². The summed E-state index contributed by atoms with van der Waals surface area (Å²) in [6.45, 7) is 0. The molecule has 0 unspecified atom stereocenters. The fraction of sp³-hybridized carbons (Fsp3) is 0.222. The second kappa shape index (κ2) is 2.85. The Kier molecular flexibility index (Phi) is 1.70. The summed E-state index contributed by atoms with van der Waals surface area (Å²) in [6, 6.07) is 0.227. The summed E-state index contributed by atoms with van der Waals surface area (Å²) in [5.74, 6) is 0.753. The van der Waals surface area contributed by atoms with Gasteiger partial charge in [0, 0.05) is 5.57 Å². The Morgan fingerprint density at radius 1 is 1.42 bits per heavy atom. The van der Waals surface area contributed by atoms with Gasteiger partial charge in [0.2, 0.25) is 0 Å². The van der Waals surface area contributed by atoms with Gasteiger partial charge in [0.05, 0.1) is 6.20 Å². The molecule has 1 aromatic rings. The van der Waals surface area contributed by atoms with Gasteiger partial charge in [0.15, 0.2) is 5.76 Å². The van der Waals surface area contributed by atoms with E-state index >= 15 is 0 Å². The van der Waals surface area contributed by atoms with Gasteiger partial charge in [-0.1, -0.05) is 18.2 Å². The molecule has 0 spiro atoms. The van der Waals surface area contributed by atoms with Crippen molar-refractivity contribution in [3.05, 3.63) is 30.2 Å². The Balaban J connectivity index is 2.30. The van der Waals surface area contributed by atoms with Gasteiger partial charge in [-0.15, -0.1) is 0 Å². The lowest BCUT2D eigenvalue weighted by molar-refractivity contribution is 0.567. The number of aromatic nitrogens is 1. The molecule has 1 heterocycles. The fourth-order valence-electron chi connectivity index (χ4n) is 1.22. The van der Waals surface area contributed by atoms with E-state index in [-0.39, 0.29) is 6.01 Å². The highest BCUT2D eigenvalue weighted by molar-refractivity contribution is 5.71. The highest BCUT2D eigenvalue weighted by atomic mass is 16.4. The molecule has 0 saturated carbocycles. The highest BCUT2D eigenvalue weighted by Crippen LogP contribution is 2.22. The lowest BCUT2D eigenvalue weighted by Gasteiger charge is -2.01. The van der Waals surface area contributed by atoms with E-state index in [1.165, 1.54) is 0 Å². The summed E-state index contributed by atoms with van der Waals surface area (Å²) >= 11 is 0. The summed E-state index contributed by atoms with van der Waals surface area (Å²) in [4.78, 5) is 3.83. The van der Waals surface area contributed by atoms with Crippen LogP contribution in [0, 0.1) is 0 Å².